The Bertz CT molecular complexity index is 1320. The lowest BCUT2D eigenvalue weighted by molar-refractivity contribution is -0.117. The van der Waals surface area contributed by atoms with Crippen molar-refractivity contribution in [1.82, 2.24) is 5.32 Å². The number of carbonyl (C=O) groups is 2. The fourth-order valence-corrected chi connectivity index (χ4v) is 5.43. The number of thioether (sulfide) groups is 1. The maximum absolute atomic E-state index is 13.7. The Morgan fingerprint density at radius 3 is 2.33 bits per heavy atom. The van der Waals surface area contributed by atoms with Crippen LogP contribution in [0.3, 0.4) is 0 Å². The fourth-order valence-electron chi connectivity index (χ4n) is 4.14. The molecular weight excluding hydrogens is 466 g/mol. The minimum atomic E-state index is -0.489. The molecule has 1 atom stereocenters. The van der Waals surface area contributed by atoms with Gasteiger partial charge >= 0.3 is 0 Å². The Morgan fingerprint density at radius 2 is 1.69 bits per heavy atom. The van der Waals surface area contributed by atoms with Crippen molar-refractivity contribution < 1.29 is 9.59 Å². The number of carbonyl (C=O) groups excluding carboxylic acids is 2. The first-order chi connectivity index (χ1) is 17.4. The monoisotopic (exact) mass is 495 g/mol. The predicted molar refractivity (Wildman–Crippen MR) is 145 cm³/mol. The molecule has 182 valence electrons. The molecule has 1 aliphatic heterocycles. The van der Waals surface area contributed by atoms with Crippen LogP contribution in [0.1, 0.15) is 42.0 Å². The normalized spacial score (nSPS) is 16.7. The van der Waals surface area contributed by atoms with Gasteiger partial charge in [-0.15, -0.1) is 0 Å². The fraction of sp³-hybridized carbons (Fsp3) is 0.233. The van der Waals surface area contributed by atoms with E-state index in [0.717, 1.165) is 22.3 Å². The molecule has 36 heavy (non-hydrogen) atoms. The number of hydrogen-bond acceptors (Lipinski definition) is 4. The molecule has 0 aromatic heterocycles. The van der Waals surface area contributed by atoms with Crippen molar-refractivity contribution >= 4 is 29.3 Å². The molecule has 2 amide bonds. The number of amides is 2. The van der Waals surface area contributed by atoms with Crippen molar-refractivity contribution in [2.75, 3.05) is 4.90 Å². The molecule has 0 saturated carbocycles. The third kappa shape index (κ3) is 5.53. The molecule has 1 aliphatic rings. The maximum Gasteiger partial charge on any atom is 0.264 e. The molecule has 3 aromatic carbocycles. The van der Waals surface area contributed by atoms with Gasteiger partial charge in [-0.2, -0.15) is 5.26 Å². The van der Waals surface area contributed by atoms with Crippen molar-refractivity contribution in [3.8, 4) is 6.07 Å². The topological polar surface area (TPSA) is 73.2 Å². The van der Waals surface area contributed by atoms with Crippen LogP contribution in [0.25, 0.3) is 0 Å². The lowest BCUT2D eigenvalue weighted by Crippen LogP contribution is -2.32. The van der Waals surface area contributed by atoms with Crippen molar-refractivity contribution in [1.29, 1.82) is 5.26 Å². The van der Waals surface area contributed by atoms with Gasteiger partial charge in [0.05, 0.1) is 5.25 Å². The molecule has 1 saturated heterocycles. The van der Waals surface area contributed by atoms with E-state index in [4.69, 9.17) is 0 Å². The van der Waals surface area contributed by atoms with Crippen molar-refractivity contribution in [3.63, 3.8) is 0 Å². The number of aryl methyl sites for hydroxylation is 1. The van der Waals surface area contributed by atoms with E-state index < -0.39 is 11.2 Å². The van der Waals surface area contributed by atoms with Gasteiger partial charge in [0.1, 0.15) is 16.7 Å². The predicted octanol–water partition coefficient (Wildman–Crippen LogP) is 5.86. The van der Waals surface area contributed by atoms with E-state index in [-0.39, 0.29) is 11.5 Å². The average Bonchev–Trinajstić information content (AvgIpc) is 3.20. The van der Waals surface area contributed by atoms with Crippen LogP contribution in [0.4, 0.5) is 5.69 Å². The molecule has 0 radical (unpaired) electrons. The van der Waals surface area contributed by atoms with E-state index in [2.05, 4.69) is 25.2 Å². The van der Waals surface area contributed by atoms with E-state index >= 15 is 0 Å². The summed E-state index contributed by atoms with van der Waals surface area (Å²) >= 11 is 1.29. The number of benzene rings is 3. The summed E-state index contributed by atoms with van der Waals surface area (Å²) in [5.41, 5.74) is 4.87. The quantitative estimate of drug-likeness (QED) is 0.329. The minimum Gasteiger partial charge on any atom is -0.347 e. The van der Waals surface area contributed by atoms with Gasteiger partial charge in [0.2, 0.25) is 5.91 Å². The number of hydrogen-bond donors (Lipinski definition) is 1. The van der Waals surface area contributed by atoms with Crippen molar-refractivity contribution in [2.24, 2.45) is 0 Å². The number of nitrogens with zero attached hydrogens (tertiary/aromatic N) is 2. The minimum absolute atomic E-state index is 0.0514. The van der Waals surface area contributed by atoms with Crippen LogP contribution in [-0.4, -0.2) is 17.1 Å². The highest BCUT2D eigenvalue weighted by Gasteiger charge is 2.41. The van der Waals surface area contributed by atoms with Gasteiger partial charge in [0.25, 0.3) is 5.91 Å². The summed E-state index contributed by atoms with van der Waals surface area (Å²) < 4.78 is 0. The SMILES string of the molecule is Cc1ccccc1CC1S/C(=C(/C#N)C(=O)NCc2ccccc2)N(c2ccc(C(C)C)cc2)C1=O. The Balaban J connectivity index is 1.69. The maximum atomic E-state index is 13.7. The summed E-state index contributed by atoms with van der Waals surface area (Å²) in [5.74, 6) is -0.263. The largest absolute Gasteiger partial charge is 0.347 e. The molecule has 3 aromatic rings. The second-order valence-electron chi connectivity index (χ2n) is 9.12. The second kappa shape index (κ2) is 11.3. The van der Waals surface area contributed by atoms with Crippen LogP contribution >= 0.6 is 11.8 Å². The number of anilines is 1. The van der Waals surface area contributed by atoms with Gasteiger partial charge < -0.3 is 5.32 Å². The zero-order valence-electron chi connectivity index (χ0n) is 20.7. The van der Waals surface area contributed by atoms with Crippen LogP contribution in [-0.2, 0) is 22.6 Å². The molecule has 1 heterocycles. The molecule has 1 unspecified atom stereocenters. The van der Waals surface area contributed by atoms with Crippen molar-refractivity contribution in [3.05, 3.63) is 112 Å². The van der Waals surface area contributed by atoms with Gasteiger partial charge in [0, 0.05) is 12.2 Å². The molecular formula is C30H29N3O2S. The summed E-state index contributed by atoms with van der Waals surface area (Å²) in [5, 5.41) is 12.8. The molecule has 1 fully saturated rings. The third-order valence-corrected chi connectivity index (χ3v) is 7.55. The summed E-state index contributed by atoms with van der Waals surface area (Å²) in [4.78, 5) is 28.4. The summed E-state index contributed by atoms with van der Waals surface area (Å²) in [6.07, 6.45) is 0.518. The van der Waals surface area contributed by atoms with Crippen LogP contribution < -0.4 is 10.2 Å². The van der Waals surface area contributed by atoms with Crippen LogP contribution in [0.15, 0.2) is 89.5 Å². The highest BCUT2D eigenvalue weighted by molar-refractivity contribution is 8.05. The summed E-state index contributed by atoms with van der Waals surface area (Å²) in [6.45, 7) is 6.54. The zero-order chi connectivity index (χ0) is 25.7. The standard InChI is InChI=1S/C30H29N3O2S/c1-20(2)23-13-15-25(16-14-23)33-29(35)27(17-24-12-8-7-9-21(24)3)36-30(33)26(18-31)28(34)32-19-22-10-5-4-6-11-22/h4-16,20,27H,17,19H2,1-3H3,(H,32,34)/b30-26-. The number of rotatable bonds is 7. The van der Waals surface area contributed by atoms with Crippen LogP contribution in [0.5, 0.6) is 0 Å². The van der Waals surface area contributed by atoms with Crippen LogP contribution in [0, 0.1) is 18.3 Å². The molecule has 1 N–H and O–H groups in total. The summed E-state index contributed by atoms with van der Waals surface area (Å²) in [7, 11) is 0. The van der Waals surface area contributed by atoms with E-state index in [9.17, 15) is 14.9 Å². The van der Waals surface area contributed by atoms with E-state index in [1.54, 1.807) is 4.90 Å². The highest BCUT2D eigenvalue weighted by atomic mass is 32.2. The number of nitriles is 1. The molecule has 4 rings (SSSR count). The van der Waals surface area contributed by atoms with E-state index in [1.165, 1.54) is 11.8 Å². The third-order valence-electron chi connectivity index (χ3n) is 6.29. The Hall–Kier alpha value is -3.82. The van der Waals surface area contributed by atoms with Gasteiger partial charge in [-0.25, -0.2) is 0 Å². The first kappa shape index (κ1) is 25.3. The Kier molecular flexibility index (Phi) is 7.92. The van der Waals surface area contributed by atoms with Gasteiger partial charge in [-0.3, -0.25) is 14.5 Å². The average molecular weight is 496 g/mol. The van der Waals surface area contributed by atoms with Gasteiger partial charge in [0.15, 0.2) is 0 Å². The first-order valence-electron chi connectivity index (χ1n) is 12.0. The lowest BCUT2D eigenvalue weighted by Gasteiger charge is -2.19. The molecule has 6 heteroatoms. The van der Waals surface area contributed by atoms with E-state index in [0.29, 0.717) is 29.6 Å². The van der Waals surface area contributed by atoms with E-state index in [1.807, 2.05) is 85.8 Å². The Morgan fingerprint density at radius 1 is 1.03 bits per heavy atom. The molecule has 0 bridgehead atoms. The molecule has 0 aliphatic carbocycles. The number of nitrogens with one attached hydrogen (secondary N) is 1. The van der Waals surface area contributed by atoms with Gasteiger partial charge in [-0.1, -0.05) is 92.3 Å². The zero-order valence-corrected chi connectivity index (χ0v) is 21.5. The van der Waals surface area contributed by atoms with Crippen LogP contribution in [0.2, 0.25) is 0 Å². The first-order valence-corrected chi connectivity index (χ1v) is 12.9. The highest BCUT2D eigenvalue weighted by Crippen LogP contribution is 2.42. The molecule has 5 nitrogen and oxygen atoms in total. The summed E-state index contributed by atoms with van der Waals surface area (Å²) in [6, 6.07) is 27.3. The van der Waals surface area contributed by atoms with Crippen molar-refractivity contribution in [2.45, 2.75) is 44.9 Å². The van der Waals surface area contributed by atoms with Gasteiger partial charge in [-0.05, 0) is 53.6 Å². The molecule has 0 spiro atoms. The Labute approximate surface area is 216 Å². The smallest absolute Gasteiger partial charge is 0.264 e. The second-order valence-corrected chi connectivity index (χ2v) is 10.3. The lowest BCUT2D eigenvalue weighted by atomic mass is 10.0.